The summed E-state index contributed by atoms with van der Waals surface area (Å²) in [4.78, 5) is 14.0. The summed E-state index contributed by atoms with van der Waals surface area (Å²) in [6, 6.07) is 1.78. The molecular weight excluding hydrogens is 328 g/mol. The van der Waals surface area contributed by atoms with E-state index in [1.807, 2.05) is 0 Å². The minimum absolute atomic E-state index is 0.244. The number of aliphatic hydroxyl groups is 1. The van der Waals surface area contributed by atoms with Crippen molar-refractivity contribution in [2.75, 3.05) is 26.2 Å². The number of hydrogen-bond donors (Lipinski definition) is 2. The predicted octanol–water partition coefficient (Wildman–Crippen LogP) is 2.42. The molecule has 1 fully saturated rings. The largest absolute Gasteiger partial charge is 0.416 e. The molecule has 1 aliphatic rings. The van der Waals surface area contributed by atoms with Crippen molar-refractivity contribution in [3.8, 4) is 0 Å². The molecule has 2 rings (SSSR count). The van der Waals surface area contributed by atoms with Crippen LogP contribution in [0.2, 0.25) is 0 Å². The smallest absolute Gasteiger partial charge is 0.393 e. The number of carbonyl (C=O) groups excluding carboxylic acids is 1. The van der Waals surface area contributed by atoms with Gasteiger partial charge in [-0.2, -0.15) is 13.2 Å². The van der Waals surface area contributed by atoms with E-state index >= 15 is 0 Å². The molecule has 24 heavy (non-hydrogen) atoms. The number of carbonyl (C=O) groups is 1. The molecule has 0 radical (unpaired) electrons. The van der Waals surface area contributed by atoms with Gasteiger partial charge in [0.1, 0.15) is 5.82 Å². The number of nitrogens with one attached hydrogen (secondary N) is 1. The Hall–Kier alpha value is -1.67. The van der Waals surface area contributed by atoms with E-state index in [4.69, 9.17) is 0 Å². The molecule has 0 unspecified atom stereocenters. The summed E-state index contributed by atoms with van der Waals surface area (Å²) in [7, 11) is 0. The molecule has 1 saturated heterocycles. The number of likely N-dealkylation sites (tertiary alicyclic amines) is 1. The fraction of sp³-hybridized carbons (Fsp3) is 0.562. The van der Waals surface area contributed by atoms with Gasteiger partial charge in [0.2, 0.25) is 0 Å². The van der Waals surface area contributed by atoms with Crippen molar-refractivity contribution in [1.29, 1.82) is 0 Å². The SMILES string of the molecule is O=C(NCCCN1CCC(O)CC1)c1cc(C(F)(F)F)ccc1F. The Bertz CT molecular complexity index is 570. The molecule has 134 valence electrons. The van der Waals surface area contributed by atoms with Crippen LogP contribution >= 0.6 is 0 Å². The molecular formula is C16H20F4N2O2. The molecule has 1 aliphatic heterocycles. The zero-order valence-corrected chi connectivity index (χ0v) is 13.1. The van der Waals surface area contributed by atoms with Crippen molar-refractivity contribution in [1.82, 2.24) is 10.2 Å². The Balaban J connectivity index is 1.82. The highest BCUT2D eigenvalue weighted by Gasteiger charge is 2.31. The highest BCUT2D eigenvalue weighted by Crippen LogP contribution is 2.30. The second kappa shape index (κ2) is 7.94. The van der Waals surface area contributed by atoms with Crippen LogP contribution in [0.15, 0.2) is 18.2 Å². The summed E-state index contributed by atoms with van der Waals surface area (Å²) in [5.74, 6) is -1.84. The molecule has 4 nitrogen and oxygen atoms in total. The first-order chi connectivity index (χ1) is 11.3. The summed E-state index contributed by atoms with van der Waals surface area (Å²) in [6.45, 7) is 2.50. The summed E-state index contributed by atoms with van der Waals surface area (Å²) in [6.07, 6.45) is -2.86. The lowest BCUT2D eigenvalue weighted by molar-refractivity contribution is -0.137. The molecule has 1 amide bonds. The molecule has 0 aliphatic carbocycles. The van der Waals surface area contributed by atoms with E-state index in [1.54, 1.807) is 0 Å². The first-order valence-corrected chi connectivity index (χ1v) is 7.83. The van der Waals surface area contributed by atoms with Gasteiger partial charge in [-0.05, 0) is 44.0 Å². The molecule has 8 heteroatoms. The lowest BCUT2D eigenvalue weighted by atomic mass is 10.1. The second-order valence-electron chi connectivity index (χ2n) is 5.87. The summed E-state index contributed by atoms with van der Waals surface area (Å²) >= 11 is 0. The molecule has 1 heterocycles. The maximum absolute atomic E-state index is 13.6. The van der Waals surface area contributed by atoms with Gasteiger partial charge in [0, 0.05) is 19.6 Å². The number of aliphatic hydroxyl groups excluding tert-OH is 1. The van der Waals surface area contributed by atoms with E-state index in [2.05, 4.69) is 10.2 Å². The van der Waals surface area contributed by atoms with Crippen molar-refractivity contribution in [2.24, 2.45) is 0 Å². The molecule has 0 atom stereocenters. The van der Waals surface area contributed by atoms with Crippen LogP contribution in [-0.4, -0.2) is 48.2 Å². The number of piperidine rings is 1. The van der Waals surface area contributed by atoms with Gasteiger partial charge in [-0.3, -0.25) is 4.79 Å². The van der Waals surface area contributed by atoms with Crippen molar-refractivity contribution < 1.29 is 27.5 Å². The Morgan fingerprint density at radius 2 is 1.96 bits per heavy atom. The zero-order valence-electron chi connectivity index (χ0n) is 13.1. The molecule has 0 aromatic heterocycles. The van der Waals surface area contributed by atoms with Crippen molar-refractivity contribution >= 4 is 5.91 Å². The summed E-state index contributed by atoms with van der Waals surface area (Å²) in [5.41, 5.74) is -1.66. The maximum Gasteiger partial charge on any atom is 0.416 e. The van der Waals surface area contributed by atoms with Crippen LogP contribution in [0.3, 0.4) is 0 Å². The molecule has 0 saturated carbocycles. The van der Waals surface area contributed by atoms with Gasteiger partial charge in [0.15, 0.2) is 0 Å². The van der Waals surface area contributed by atoms with Crippen LogP contribution in [0.4, 0.5) is 17.6 Å². The molecule has 2 N–H and O–H groups in total. The Morgan fingerprint density at radius 1 is 1.29 bits per heavy atom. The minimum Gasteiger partial charge on any atom is -0.393 e. The van der Waals surface area contributed by atoms with E-state index in [0.29, 0.717) is 44.0 Å². The molecule has 1 aromatic carbocycles. The number of halogens is 4. The zero-order chi connectivity index (χ0) is 17.7. The molecule has 1 aromatic rings. The van der Waals surface area contributed by atoms with Gasteiger partial charge in [-0.15, -0.1) is 0 Å². The van der Waals surface area contributed by atoms with Gasteiger partial charge < -0.3 is 15.3 Å². The van der Waals surface area contributed by atoms with Crippen LogP contribution in [0.25, 0.3) is 0 Å². The van der Waals surface area contributed by atoms with E-state index < -0.39 is 29.0 Å². The van der Waals surface area contributed by atoms with E-state index in [0.717, 1.165) is 13.1 Å². The normalized spacial score (nSPS) is 17.0. The maximum atomic E-state index is 13.6. The third kappa shape index (κ3) is 5.17. The highest BCUT2D eigenvalue weighted by molar-refractivity contribution is 5.94. The fourth-order valence-electron chi connectivity index (χ4n) is 2.62. The van der Waals surface area contributed by atoms with Crippen LogP contribution in [0.1, 0.15) is 35.2 Å². The average molecular weight is 348 g/mol. The van der Waals surface area contributed by atoms with Gasteiger partial charge in [0.05, 0.1) is 17.2 Å². The van der Waals surface area contributed by atoms with E-state index in [1.165, 1.54) is 0 Å². The van der Waals surface area contributed by atoms with Crippen LogP contribution in [-0.2, 0) is 6.18 Å². The Labute approximate surface area is 137 Å². The van der Waals surface area contributed by atoms with Crippen LogP contribution < -0.4 is 5.32 Å². The molecule has 0 bridgehead atoms. The first-order valence-electron chi connectivity index (χ1n) is 7.83. The van der Waals surface area contributed by atoms with Crippen LogP contribution in [0.5, 0.6) is 0 Å². The van der Waals surface area contributed by atoms with Crippen LogP contribution in [0, 0.1) is 5.82 Å². The third-order valence-electron chi connectivity index (χ3n) is 4.03. The lowest BCUT2D eigenvalue weighted by Crippen LogP contribution is -2.37. The quantitative estimate of drug-likeness (QED) is 0.635. The van der Waals surface area contributed by atoms with Crippen molar-refractivity contribution in [3.63, 3.8) is 0 Å². The topological polar surface area (TPSA) is 52.6 Å². The predicted molar refractivity (Wildman–Crippen MR) is 80.0 cm³/mol. The number of amides is 1. The minimum atomic E-state index is -4.62. The third-order valence-corrected chi connectivity index (χ3v) is 4.03. The number of rotatable bonds is 5. The summed E-state index contributed by atoms with van der Waals surface area (Å²) < 4.78 is 51.5. The van der Waals surface area contributed by atoms with E-state index in [-0.39, 0.29) is 12.6 Å². The number of alkyl halides is 3. The summed E-state index contributed by atoms with van der Waals surface area (Å²) in [5, 5.41) is 11.8. The van der Waals surface area contributed by atoms with Crippen molar-refractivity contribution in [2.45, 2.75) is 31.5 Å². The number of benzene rings is 1. The standard InChI is InChI=1S/C16H20F4N2O2/c17-14-3-2-11(16(18,19)20)10-13(14)15(24)21-6-1-7-22-8-4-12(23)5-9-22/h2-3,10,12,23H,1,4-9H2,(H,21,24). The van der Waals surface area contributed by atoms with Gasteiger partial charge in [0.25, 0.3) is 5.91 Å². The monoisotopic (exact) mass is 348 g/mol. The Kier molecular flexibility index (Phi) is 6.17. The second-order valence-corrected chi connectivity index (χ2v) is 5.87. The Morgan fingerprint density at radius 3 is 2.58 bits per heavy atom. The highest BCUT2D eigenvalue weighted by atomic mass is 19.4. The fourth-order valence-corrected chi connectivity index (χ4v) is 2.62. The van der Waals surface area contributed by atoms with E-state index in [9.17, 15) is 27.5 Å². The number of nitrogens with zero attached hydrogens (tertiary/aromatic N) is 1. The van der Waals surface area contributed by atoms with Gasteiger partial charge in [-0.1, -0.05) is 0 Å². The van der Waals surface area contributed by atoms with Crippen molar-refractivity contribution in [3.05, 3.63) is 35.1 Å². The first kappa shape index (κ1) is 18.7. The molecule has 0 spiro atoms. The number of hydrogen-bond acceptors (Lipinski definition) is 3. The van der Waals surface area contributed by atoms with Gasteiger partial charge >= 0.3 is 6.18 Å². The average Bonchev–Trinajstić information content (AvgIpc) is 2.52. The lowest BCUT2D eigenvalue weighted by Gasteiger charge is -2.29. The van der Waals surface area contributed by atoms with Gasteiger partial charge in [-0.25, -0.2) is 4.39 Å².